The molecule has 5 rings (SSSR count). The Bertz CT molecular complexity index is 1220. The summed E-state index contributed by atoms with van der Waals surface area (Å²) < 4.78 is 6.73. The first-order valence-electron chi connectivity index (χ1n) is 14.9. The molecule has 1 unspecified atom stereocenters. The Labute approximate surface area is 230 Å². The van der Waals surface area contributed by atoms with Gasteiger partial charge in [-0.25, -0.2) is 0 Å². The van der Waals surface area contributed by atoms with Gasteiger partial charge in [-0.2, -0.15) is 0 Å². The van der Waals surface area contributed by atoms with Gasteiger partial charge in [-0.15, -0.1) is 0 Å². The van der Waals surface area contributed by atoms with Gasteiger partial charge in [0.15, 0.2) is 0 Å². The number of ether oxygens (including phenoxy) is 1. The fourth-order valence-electron chi connectivity index (χ4n) is 7.16. The van der Waals surface area contributed by atoms with E-state index in [2.05, 4.69) is 88.4 Å². The van der Waals surface area contributed by atoms with Gasteiger partial charge in [0.1, 0.15) is 18.5 Å². The summed E-state index contributed by atoms with van der Waals surface area (Å²) >= 11 is 0. The second-order valence-electron chi connectivity index (χ2n) is 12.8. The maximum absolute atomic E-state index is 11.7. The highest BCUT2D eigenvalue weighted by atomic mass is 16.5. The molecule has 202 valence electrons. The van der Waals surface area contributed by atoms with Crippen molar-refractivity contribution in [1.82, 2.24) is 0 Å². The predicted octanol–water partition coefficient (Wildman–Crippen LogP) is 9.40. The second-order valence-corrected chi connectivity index (χ2v) is 12.8. The van der Waals surface area contributed by atoms with Gasteiger partial charge in [0.05, 0.1) is 0 Å². The van der Waals surface area contributed by atoms with E-state index in [4.69, 9.17) is 4.74 Å². The molecular weight excluding hydrogens is 464 g/mol. The van der Waals surface area contributed by atoms with Crippen molar-refractivity contribution in [2.45, 2.75) is 110 Å². The molecule has 2 aromatic carbocycles. The number of hydrogen-bond donors (Lipinski definition) is 1. The van der Waals surface area contributed by atoms with Crippen LogP contribution in [-0.4, -0.2) is 11.2 Å². The van der Waals surface area contributed by atoms with Crippen LogP contribution in [0.1, 0.15) is 107 Å². The third kappa shape index (κ3) is 5.71. The first-order chi connectivity index (χ1) is 18.3. The summed E-state index contributed by atoms with van der Waals surface area (Å²) in [6.45, 7) is 9.71. The molecule has 1 N–H and O–H groups in total. The van der Waals surface area contributed by atoms with E-state index < -0.39 is 6.10 Å². The molecule has 2 saturated carbocycles. The topological polar surface area (TPSA) is 29.5 Å². The maximum atomic E-state index is 11.7. The van der Waals surface area contributed by atoms with Gasteiger partial charge in [-0.3, -0.25) is 0 Å². The Morgan fingerprint density at radius 2 is 1.47 bits per heavy atom. The Morgan fingerprint density at radius 1 is 0.842 bits per heavy atom. The summed E-state index contributed by atoms with van der Waals surface area (Å²) in [6, 6.07) is 15.1. The van der Waals surface area contributed by atoms with Crippen LogP contribution in [0, 0.1) is 12.3 Å². The average Bonchev–Trinajstić information content (AvgIpc) is 2.91. The van der Waals surface area contributed by atoms with Gasteiger partial charge in [0, 0.05) is 11.1 Å². The smallest absolute Gasteiger partial charge is 0.130 e. The van der Waals surface area contributed by atoms with Gasteiger partial charge in [0.25, 0.3) is 0 Å². The van der Waals surface area contributed by atoms with Crippen LogP contribution in [0.4, 0.5) is 0 Å². The van der Waals surface area contributed by atoms with E-state index in [0.717, 1.165) is 29.7 Å². The summed E-state index contributed by atoms with van der Waals surface area (Å²) in [5.41, 5.74) is 8.46. The van der Waals surface area contributed by atoms with Crippen LogP contribution in [0.15, 0.2) is 71.3 Å². The Hall–Kier alpha value is -2.58. The van der Waals surface area contributed by atoms with E-state index >= 15 is 0 Å². The molecule has 2 fully saturated rings. The van der Waals surface area contributed by atoms with Gasteiger partial charge in [0.2, 0.25) is 0 Å². The van der Waals surface area contributed by atoms with Crippen molar-refractivity contribution in [3.63, 3.8) is 0 Å². The Balaban J connectivity index is 1.57. The van der Waals surface area contributed by atoms with E-state index in [0.29, 0.717) is 6.61 Å². The molecule has 3 aliphatic carbocycles. The van der Waals surface area contributed by atoms with Crippen LogP contribution in [0.2, 0.25) is 0 Å². The Kier molecular flexibility index (Phi) is 8.00. The molecule has 0 spiro atoms. The molecule has 2 heteroatoms. The molecule has 0 aromatic heterocycles. The van der Waals surface area contributed by atoms with Crippen LogP contribution >= 0.6 is 0 Å². The van der Waals surface area contributed by atoms with Crippen LogP contribution in [0.3, 0.4) is 0 Å². The molecule has 0 aliphatic heterocycles. The van der Waals surface area contributed by atoms with Crippen molar-refractivity contribution in [3.05, 3.63) is 93.6 Å². The molecule has 0 radical (unpaired) electrons. The number of benzene rings is 2. The zero-order valence-electron chi connectivity index (χ0n) is 24.0. The van der Waals surface area contributed by atoms with E-state index in [-0.39, 0.29) is 10.8 Å². The summed E-state index contributed by atoms with van der Waals surface area (Å²) in [7, 11) is 0. The van der Waals surface area contributed by atoms with Crippen LogP contribution in [0.5, 0.6) is 5.75 Å². The largest absolute Gasteiger partial charge is 0.488 e. The fourth-order valence-corrected chi connectivity index (χ4v) is 7.16. The lowest BCUT2D eigenvalue weighted by Gasteiger charge is -2.40. The third-order valence-electron chi connectivity index (χ3n) is 9.46. The number of aliphatic hydroxyl groups is 1. The fraction of sp³-hybridized carbons (Fsp3) is 0.500. The zero-order valence-corrected chi connectivity index (χ0v) is 24.0. The third-order valence-corrected chi connectivity index (χ3v) is 9.46. The van der Waals surface area contributed by atoms with Gasteiger partial charge < -0.3 is 9.84 Å². The van der Waals surface area contributed by atoms with Crippen LogP contribution in [0.25, 0.3) is 6.08 Å². The zero-order chi connectivity index (χ0) is 26.8. The molecular formula is C36H46O2. The first-order valence-corrected chi connectivity index (χ1v) is 14.9. The molecule has 2 aromatic rings. The SMILES string of the molecule is CC1=CC(=Cc2cc(C)cc(C3(C)CCCCC3)c2OCc2ccccc2)C(O)C(C2(C)CCCCC2)=C1. The predicted molar refractivity (Wildman–Crippen MR) is 159 cm³/mol. The van der Waals surface area contributed by atoms with Crippen LogP contribution < -0.4 is 4.74 Å². The summed E-state index contributed by atoms with van der Waals surface area (Å²) in [4.78, 5) is 0. The van der Waals surface area contributed by atoms with Gasteiger partial charge in [-0.1, -0.05) is 106 Å². The van der Waals surface area contributed by atoms with E-state index in [1.807, 2.05) is 0 Å². The lowest BCUT2D eigenvalue weighted by molar-refractivity contribution is 0.178. The molecule has 0 amide bonds. The van der Waals surface area contributed by atoms with E-state index in [1.165, 1.54) is 79.2 Å². The normalized spacial score (nSPS) is 24.0. The maximum Gasteiger partial charge on any atom is 0.130 e. The first kappa shape index (κ1) is 27.0. The summed E-state index contributed by atoms with van der Waals surface area (Å²) in [5, 5.41) is 11.7. The standard InChI is InChI=1S/C36H46O2/c1-26-20-29(33(37)31(22-26)35(3)16-10-6-11-17-35)24-30-21-27(2)23-32(36(4)18-12-7-13-19-36)34(30)38-25-28-14-8-5-9-15-28/h5,8-9,14-15,20-24,33,37H,6-7,10-13,16-19,25H2,1-4H3. The number of rotatable bonds is 6. The molecule has 0 heterocycles. The molecule has 0 saturated heterocycles. The van der Waals surface area contributed by atoms with Crippen molar-refractivity contribution < 1.29 is 9.84 Å². The highest BCUT2D eigenvalue weighted by molar-refractivity contribution is 5.69. The molecule has 0 bridgehead atoms. The summed E-state index contributed by atoms with van der Waals surface area (Å²) in [5.74, 6) is 0.995. The number of aliphatic hydroxyl groups excluding tert-OH is 1. The second kappa shape index (κ2) is 11.3. The van der Waals surface area contributed by atoms with Crippen molar-refractivity contribution in [2.24, 2.45) is 5.41 Å². The van der Waals surface area contributed by atoms with Gasteiger partial charge in [-0.05, 0) is 84.8 Å². The number of hydrogen-bond acceptors (Lipinski definition) is 2. The monoisotopic (exact) mass is 510 g/mol. The molecule has 38 heavy (non-hydrogen) atoms. The van der Waals surface area contributed by atoms with Crippen LogP contribution in [-0.2, 0) is 12.0 Å². The van der Waals surface area contributed by atoms with Crippen molar-refractivity contribution >= 4 is 6.08 Å². The van der Waals surface area contributed by atoms with Crippen molar-refractivity contribution in [3.8, 4) is 5.75 Å². The minimum atomic E-state index is -0.571. The highest BCUT2D eigenvalue weighted by Crippen LogP contribution is 2.48. The molecule has 3 aliphatic rings. The quantitative estimate of drug-likeness (QED) is 0.419. The van der Waals surface area contributed by atoms with Crippen molar-refractivity contribution in [1.29, 1.82) is 0 Å². The van der Waals surface area contributed by atoms with E-state index in [9.17, 15) is 5.11 Å². The minimum Gasteiger partial charge on any atom is -0.488 e. The lowest BCUT2D eigenvalue weighted by Crippen LogP contribution is -2.32. The minimum absolute atomic E-state index is 0.0756. The van der Waals surface area contributed by atoms with Crippen molar-refractivity contribution in [2.75, 3.05) is 0 Å². The molecule has 1 atom stereocenters. The highest BCUT2D eigenvalue weighted by Gasteiger charge is 2.37. The molecule has 2 nitrogen and oxygen atoms in total. The Morgan fingerprint density at radius 3 is 2.13 bits per heavy atom. The van der Waals surface area contributed by atoms with E-state index in [1.54, 1.807) is 0 Å². The lowest BCUT2D eigenvalue weighted by atomic mass is 9.66. The number of allylic oxidation sites excluding steroid dienone is 2. The summed E-state index contributed by atoms with van der Waals surface area (Å²) in [6.07, 6.45) is 18.5. The van der Waals surface area contributed by atoms with Gasteiger partial charge >= 0.3 is 0 Å². The average molecular weight is 511 g/mol. The number of aryl methyl sites for hydroxylation is 1.